The number of azo groups is 2. The molecule has 0 unspecified atom stereocenters. The highest BCUT2D eigenvalue weighted by molar-refractivity contribution is 5.73. The number of amides is 4. The molecule has 0 heterocycles. The second-order valence-corrected chi connectivity index (χ2v) is 9.68. The third-order valence-electron chi connectivity index (χ3n) is 6.26. The van der Waals surface area contributed by atoms with Gasteiger partial charge in [-0.05, 0) is 64.2 Å². The number of carbonyl (C=O) groups is 4. The molecule has 39 heavy (non-hydrogen) atoms. The van der Waals surface area contributed by atoms with Crippen LogP contribution in [0.2, 0.25) is 0 Å². The van der Waals surface area contributed by atoms with Gasteiger partial charge in [-0.1, -0.05) is 79.3 Å². The molecule has 12 nitrogen and oxygen atoms in total. The van der Waals surface area contributed by atoms with Gasteiger partial charge in [0, 0.05) is 0 Å². The quantitative estimate of drug-likeness (QED) is 0.139. The van der Waals surface area contributed by atoms with E-state index in [0.717, 1.165) is 96.3 Å². The summed E-state index contributed by atoms with van der Waals surface area (Å²) in [6.45, 7) is 4.79. The number of rotatable bonds is 11. The Morgan fingerprint density at radius 1 is 0.513 bits per heavy atom. The summed E-state index contributed by atoms with van der Waals surface area (Å²) in [7, 11) is 0. The van der Waals surface area contributed by atoms with Crippen molar-refractivity contribution in [3.63, 3.8) is 0 Å². The molecule has 0 aliphatic heterocycles. The van der Waals surface area contributed by atoms with Gasteiger partial charge in [-0.3, -0.25) is 0 Å². The highest BCUT2D eigenvalue weighted by atomic mass is 16.6. The molecular weight excluding hydrogens is 508 g/mol. The van der Waals surface area contributed by atoms with Gasteiger partial charge in [0.2, 0.25) is 0 Å². The number of ether oxygens (including phenoxy) is 4. The minimum atomic E-state index is -0.836. The number of hydrogen-bond acceptors (Lipinski definition) is 8. The van der Waals surface area contributed by atoms with Crippen molar-refractivity contribution in [3.05, 3.63) is 0 Å². The van der Waals surface area contributed by atoms with Crippen LogP contribution in [0.5, 0.6) is 0 Å². The molecule has 0 saturated heterocycles. The minimum absolute atomic E-state index is 0.0826. The Balaban J connectivity index is 0.000000391. The first-order valence-electron chi connectivity index (χ1n) is 14.5. The predicted octanol–water partition coefficient (Wildman–Crippen LogP) is 8.86. The molecule has 2 saturated carbocycles. The third kappa shape index (κ3) is 19.8. The van der Waals surface area contributed by atoms with E-state index in [2.05, 4.69) is 34.3 Å². The standard InChI is InChI=1S/C14H24N2O4.C13H22N2O4/c1-2-3-4-8-11-19-13(17)15-16-14(18)20-12-9-6-5-7-10-12;1-2-3-7-10-18-12(16)14-15-13(17)19-11-8-5-4-6-9-11/h12H,2-11H2,1H3;11H,2-10H2,1H3. The summed E-state index contributed by atoms with van der Waals surface area (Å²) in [6, 6.07) is 0. The molecule has 12 heteroatoms. The average molecular weight is 555 g/mol. The number of nitrogens with zero attached hydrogens (tertiary/aromatic N) is 4. The zero-order valence-corrected chi connectivity index (χ0v) is 23.6. The summed E-state index contributed by atoms with van der Waals surface area (Å²) >= 11 is 0. The summed E-state index contributed by atoms with van der Waals surface area (Å²) in [5.74, 6) is 0. The van der Waals surface area contributed by atoms with E-state index in [1.807, 2.05) is 0 Å². The molecule has 2 rings (SSSR count). The van der Waals surface area contributed by atoms with Crippen LogP contribution in [0, 0.1) is 0 Å². The Hall–Kier alpha value is -2.92. The highest BCUT2D eigenvalue weighted by Gasteiger charge is 2.18. The largest absolute Gasteiger partial charge is 0.452 e. The van der Waals surface area contributed by atoms with Gasteiger partial charge in [0.05, 0.1) is 13.2 Å². The summed E-state index contributed by atoms with van der Waals surface area (Å²) in [5.41, 5.74) is 0. The summed E-state index contributed by atoms with van der Waals surface area (Å²) in [6.07, 6.45) is 13.5. The maximum absolute atomic E-state index is 11.3. The van der Waals surface area contributed by atoms with Crippen LogP contribution >= 0.6 is 0 Å². The van der Waals surface area contributed by atoms with Gasteiger partial charge in [0.15, 0.2) is 0 Å². The predicted molar refractivity (Wildman–Crippen MR) is 143 cm³/mol. The van der Waals surface area contributed by atoms with Crippen LogP contribution in [0.3, 0.4) is 0 Å². The monoisotopic (exact) mass is 554 g/mol. The van der Waals surface area contributed by atoms with Crippen LogP contribution < -0.4 is 0 Å². The number of hydrogen-bond donors (Lipinski definition) is 0. The average Bonchev–Trinajstić information content (AvgIpc) is 2.94. The first kappa shape index (κ1) is 34.1. The fraction of sp³-hybridized carbons (Fsp3) is 0.852. The van der Waals surface area contributed by atoms with Crippen molar-refractivity contribution in [2.24, 2.45) is 20.5 Å². The second-order valence-electron chi connectivity index (χ2n) is 9.68. The van der Waals surface area contributed by atoms with E-state index in [-0.39, 0.29) is 12.2 Å². The smallest absolute Gasteiger partial charge is 0.447 e. The Labute approximate surface area is 231 Å². The van der Waals surface area contributed by atoms with Crippen molar-refractivity contribution in [3.8, 4) is 0 Å². The molecule has 2 aliphatic carbocycles. The maximum atomic E-state index is 11.3. The van der Waals surface area contributed by atoms with Crippen LogP contribution in [-0.2, 0) is 18.9 Å². The van der Waals surface area contributed by atoms with E-state index in [1.54, 1.807) is 0 Å². The lowest BCUT2D eigenvalue weighted by molar-refractivity contribution is 0.0807. The lowest BCUT2D eigenvalue weighted by Crippen LogP contribution is -2.18. The van der Waals surface area contributed by atoms with E-state index in [4.69, 9.17) is 18.9 Å². The first-order chi connectivity index (χ1) is 18.9. The molecule has 0 aromatic rings. The Kier molecular flexibility index (Phi) is 20.1. The van der Waals surface area contributed by atoms with Crippen molar-refractivity contribution in [1.29, 1.82) is 0 Å². The molecule has 0 aromatic carbocycles. The van der Waals surface area contributed by atoms with Crippen LogP contribution in [0.25, 0.3) is 0 Å². The second kappa shape index (κ2) is 23.0. The Morgan fingerprint density at radius 3 is 1.28 bits per heavy atom. The van der Waals surface area contributed by atoms with Gasteiger partial charge in [0.1, 0.15) is 12.2 Å². The van der Waals surface area contributed by atoms with Gasteiger partial charge >= 0.3 is 24.4 Å². The van der Waals surface area contributed by atoms with E-state index >= 15 is 0 Å². The maximum Gasteiger partial charge on any atom is 0.452 e. The van der Waals surface area contributed by atoms with Gasteiger partial charge in [0.25, 0.3) is 0 Å². The zero-order chi connectivity index (χ0) is 28.6. The van der Waals surface area contributed by atoms with Crippen molar-refractivity contribution in [2.75, 3.05) is 13.2 Å². The molecule has 0 N–H and O–H groups in total. The van der Waals surface area contributed by atoms with Crippen molar-refractivity contribution in [1.82, 2.24) is 0 Å². The van der Waals surface area contributed by atoms with Gasteiger partial charge in [-0.2, -0.15) is 0 Å². The van der Waals surface area contributed by atoms with Gasteiger partial charge in [-0.15, -0.1) is 0 Å². The molecule has 2 aliphatic rings. The SMILES string of the molecule is CCCCCCOC(=O)N=NC(=O)OC1CCCCC1.CCCCCOC(=O)N=NC(=O)OC1CCCCC1. The van der Waals surface area contributed by atoms with Crippen LogP contribution in [-0.4, -0.2) is 49.8 Å². The van der Waals surface area contributed by atoms with Crippen LogP contribution in [0.4, 0.5) is 19.2 Å². The molecule has 222 valence electrons. The molecule has 2 fully saturated rings. The van der Waals surface area contributed by atoms with E-state index in [0.29, 0.717) is 13.2 Å². The fourth-order valence-electron chi connectivity index (χ4n) is 4.12. The topological polar surface area (TPSA) is 155 Å². The Bertz CT molecular complexity index is 763. The summed E-state index contributed by atoms with van der Waals surface area (Å²) < 4.78 is 19.8. The van der Waals surface area contributed by atoms with Crippen LogP contribution in [0.15, 0.2) is 20.5 Å². The van der Waals surface area contributed by atoms with Gasteiger partial charge < -0.3 is 18.9 Å². The van der Waals surface area contributed by atoms with E-state index in [9.17, 15) is 19.2 Å². The lowest BCUT2D eigenvalue weighted by atomic mass is 9.98. The molecule has 0 radical (unpaired) electrons. The molecule has 0 aromatic heterocycles. The summed E-state index contributed by atoms with van der Waals surface area (Å²) in [5, 5.41) is 12.8. The summed E-state index contributed by atoms with van der Waals surface area (Å²) in [4.78, 5) is 44.9. The van der Waals surface area contributed by atoms with Crippen LogP contribution in [0.1, 0.15) is 123 Å². The first-order valence-corrected chi connectivity index (χ1v) is 14.5. The van der Waals surface area contributed by atoms with E-state index in [1.165, 1.54) is 12.8 Å². The van der Waals surface area contributed by atoms with Crippen molar-refractivity contribution in [2.45, 2.75) is 135 Å². The zero-order valence-electron chi connectivity index (χ0n) is 23.6. The molecular formula is C27H46N4O8. The normalized spacial score (nSPS) is 16.4. The van der Waals surface area contributed by atoms with E-state index < -0.39 is 24.4 Å². The minimum Gasteiger partial charge on any atom is -0.447 e. The van der Waals surface area contributed by atoms with Crippen molar-refractivity contribution >= 4 is 24.4 Å². The highest BCUT2D eigenvalue weighted by Crippen LogP contribution is 2.21. The lowest BCUT2D eigenvalue weighted by Gasteiger charge is -2.20. The molecule has 4 amide bonds. The van der Waals surface area contributed by atoms with Gasteiger partial charge in [-0.25, -0.2) is 19.2 Å². The van der Waals surface area contributed by atoms with Crippen molar-refractivity contribution < 1.29 is 38.1 Å². The molecule has 0 spiro atoms. The molecule has 0 bridgehead atoms. The Morgan fingerprint density at radius 2 is 0.872 bits per heavy atom. The fourth-order valence-corrected chi connectivity index (χ4v) is 4.12. The number of carbonyl (C=O) groups excluding carboxylic acids is 4. The molecule has 0 atom stereocenters. The third-order valence-corrected chi connectivity index (χ3v) is 6.26. The number of unbranched alkanes of at least 4 members (excludes halogenated alkanes) is 5.